The van der Waals surface area contributed by atoms with Crippen molar-refractivity contribution in [3.63, 3.8) is 0 Å². The molecule has 6 nitrogen and oxygen atoms in total. The maximum Gasteiger partial charge on any atom is 0.305 e. The summed E-state index contributed by atoms with van der Waals surface area (Å²) in [5.41, 5.74) is 3.38. The third-order valence-corrected chi connectivity index (χ3v) is 4.93. The van der Waals surface area contributed by atoms with Gasteiger partial charge >= 0.3 is 5.97 Å². The highest BCUT2D eigenvalue weighted by molar-refractivity contribution is 5.79. The molecule has 2 rings (SSSR count). The predicted molar refractivity (Wildman–Crippen MR) is 121 cm³/mol. The Morgan fingerprint density at radius 3 is 2.41 bits per heavy atom. The standard InChI is InChI=1S/C25H31FO6/c1-16(2)23-14-21(32-11-10-31-3)15-24(17-4-6-18(26)7-5-17)22(23)9-8-19(27)12-20(28)13-25(29)30/h4-9,14-16,19-20,27-28H,10-13H2,1-3H3,(H,29,30)/b9-8+. The summed E-state index contributed by atoms with van der Waals surface area (Å²) in [5.74, 6) is -0.696. The topological polar surface area (TPSA) is 96.2 Å². The van der Waals surface area contributed by atoms with Crippen molar-refractivity contribution in [2.45, 2.75) is 44.8 Å². The maximum atomic E-state index is 13.5. The van der Waals surface area contributed by atoms with Gasteiger partial charge in [0.25, 0.3) is 0 Å². The number of aliphatic hydroxyl groups is 2. The molecule has 0 saturated carbocycles. The first kappa shape index (κ1) is 25.5. The normalized spacial score (nSPS) is 13.5. The lowest BCUT2D eigenvalue weighted by Crippen LogP contribution is -2.19. The molecule has 32 heavy (non-hydrogen) atoms. The molecular weight excluding hydrogens is 415 g/mol. The van der Waals surface area contributed by atoms with Crippen molar-refractivity contribution >= 4 is 12.0 Å². The summed E-state index contributed by atoms with van der Waals surface area (Å²) >= 11 is 0. The largest absolute Gasteiger partial charge is 0.491 e. The Balaban J connectivity index is 2.45. The van der Waals surface area contributed by atoms with Gasteiger partial charge in [0.15, 0.2) is 0 Å². The molecule has 0 heterocycles. The summed E-state index contributed by atoms with van der Waals surface area (Å²) in [6, 6.07) is 9.91. The van der Waals surface area contributed by atoms with Crippen LogP contribution in [0.1, 0.15) is 43.7 Å². The lowest BCUT2D eigenvalue weighted by molar-refractivity contribution is -0.139. The molecule has 0 aromatic heterocycles. The van der Waals surface area contributed by atoms with Crippen LogP contribution in [0.25, 0.3) is 17.2 Å². The van der Waals surface area contributed by atoms with E-state index in [1.54, 1.807) is 25.3 Å². The van der Waals surface area contributed by atoms with E-state index in [-0.39, 0.29) is 18.2 Å². The molecule has 0 bridgehead atoms. The molecular formula is C25H31FO6. The van der Waals surface area contributed by atoms with Crippen LogP contribution < -0.4 is 4.74 Å². The van der Waals surface area contributed by atoms with Crippen LogP contribution in [0.15, 0.2) is 42.5 Å². The highest BCUT2D eigenvalue weighted by atomic mass is 19.1. The first-order chi connectivity index (χ1) is 15.2. The SMILES string of the molecule is COCCOc1cc(-c2ccc(F)cc2)c(/C=C/C(O)CC(O)CC(=O)O)c(C(C)C)c1. The van der Waals surface area contributed by atoms with E-state index in [1.807, 2.05) is 26.0 Å². The van der Waals surface area contributed by atoms with E-state index in [0.717, 1.165) is 22.3 Å². The highest BCUT2D eigenvalue weighted by Gasteiger charge is 2.17. The molecule has 0 fully saturated rings. The minimum absolute atomic E-state index is 0.0933. The van der Waals surface area contributed by atoms with Crippen molar-refractivity contribution in [3.05, 3.63) is 59.4 Å². The summed E-state index contributed by atoms with van der Waals surface area (Å²) in [4.78, 5) is 10.7. The summed E-state index contributed by atoms with van der Waals surface area (Å²) in [5, 5.41) is 28.9. The van der Waals surface area contributed by atoms with Crippen molar-refractivity contribution in [2.24, 2.45) is 0 Å². The molecule has 0 aliphatic carbocycles. The molecule has 3 N–H and O–H groups in total. The molecule has 0 radical (unpaired) electrons. The van der Waals surface area contributed by atoms with Gasteiger partial charge < -0.3 is 24.8 Å². The summed E-state index contributed by atoms with van der Waals surface area (Å²) in [7, 11) is 1.60. The minimum Gasteiger partial charge on any atom is -0.491 e. The van der Waals surface area contributed by atoms with Crippen molar-refractivity contribution < 1.29 is 34.0 Å². The number of hydrogen-bond acceptors (Lipinski definition) is 5. The Hall–Kier alpha value is -2.74. The van der Waals surface area contributed by atoms with Crippen LogP contribution >= 0.6 is 0 Å². The number of methoxy groups -OCH3 is 1. The zero-order valence-electron chi connectivity index (χ0n) is 18.6. The van der Waals surface area contributed by atoms with E-state index >= 15 is 0 Å². The quantitative estimate of drug-likeness (QED) is 0.422. The number of carbonyl (C=O) groups is 1. The fraction of sp³-hybridized carbons (Fsp3) is 0.400. The van der Waals surface area contributed by atoms with Gasteiger partial charge in [0, 0.05) is 13.5 Å². The number of rotatable bonds is 12. The molecule has 2 atom stereocenters. The number of carboxylic acids is 1. The highest BCUT2D eigenvalue weighted by Crippen LogP contribution is 2.36. The molecule has 174 valence electrons. The monoisotopic (exact) mass is 446 g/mol. The average Bonchev–Trinajstić information content (AvgIpc) is 2.72. The number of halogens is 1. The lowest BCUT2D eigenvalue weighted by atomic mass is 9.89. The number of carboxylic acid groups (broad SMARTS) is 1. The second-order valence-corrected chi connectivity index (χ2v) is 7.89. The maximum absolute atomic E-state index is 13.5. The second kappa shape index (κ2) is 12.3. The molecule has 0 saturated heterocycles. The smallest absolute Gasteiger partial charge is 0.305 e. The number of aliphatic carboxylic acids is 1. The zero-order chi connectivity index (χ0) is 23.7. The molecule has 0 spiro atoms. The Labute approximate surface area is 187 Å². The van der Waals surface area contributed by atoms with Gasteiger partial charge in [-0.1, -0.05) is 38.1 Å². The number of aliphatic hydroxyl groups excluding tert-OH is 2. The number of hydrogen-bond donors (Lipinski definition) is 3. The average molecular weight is 447 g/mol. The summed E-state index contributed by atoms with van der Waals surface area (Å²) in [6.07, 6.45) is 0.587. The van der Waals surface area contributed by atoms with E-state index in [0.29, 0.717) is 19.0 Å². The number of benzene rings is 2. The van der Waals surface area contributed by atoms with Crippen LogP contribution in [0.2, 0.25) is 0 Å². The fourth-order valence-corrected chi connectivity index (χ4v) is 3.36. The van der Waals surface area contributed by atoms with Gasteiger partial charge in [-0.3, -0.25) is 4.79 Å². The number of ether oxygens (including phenoxy) is 2. The zero-order valence-corrected chi connectivity index (χ0v) is 18.6. The van der Waals surface area contributed by atoms with Gasteiger partial charge in [-0.15, -0.1) is 0 Å². The Bertz CT molecular complexity index is 907. The lowest BCUT2D eigenvalue weighted by Gasteiger charge is -2.19. The Morgan fingerprint density at radius 1 is 1.12 bits per heavy atom. The van der Waals surface area contributed by atoms with Crippen molar-refractivity contribution in [1.82, 2.24) is 0 Å². The van der Waals surface area contributed by atoms with Crippen LogP contribution in [0, 0.1) is 5.82 Å². The van der Waals surface area contributed by atoms with E-state index < -0.39 is 24.6 Å². The Morgan fingerprint density at radius 2 is 1.81 bits per heavy atom. The van der Waals surface area contributed by atoms with Gasteiger partial charge in [0.05, 0.1) is 25.2 Å². The van der Waals surface area contributed by atoms with Crippen LogP contribution in [0.3, 0.4) is 0 Å². The predicted octanol–water partition coefficient (Wildman–Crippen LogP) is 4.24. The van der Waals surface area contributed by atoms with Crippen LogP contribution in [-0.4, -0.2) is 53.8 Å². The van der Waals surface area contributed by atoms with Gasteiger partial charge in [-0.25, -0.2) is 4.39 Å². The molecule has 0 aliphatic rings. The van der Waals surface area contributed by atoms with Crippen LogP contribution in [0.4, 0.5) is 4.39 Å². The van der Waals surface area contributed by atoms with Crippen LogP contribution in [-0.2, 0) is 9.53 Å². The molecule has 2 aromatic rings. The van der Waals surface area contributed by atoms with Gasteiger partial charge in [-0.2, -0.15) is 0 Å². The van der Waals surface area contributed by atoms with E-state index in [2.05, 4.69) is 0 Å². The van der Waals surface area contributed by atoms with Gasteiger partial charge in [-0.05, 0) is 52.4 Å². The van der Waals surface area contributed by atoms with Crippen molar-refractivity contribution in [1.29, 1.82) is 0 Å². The third kappa shape index (κ3) is 7.75. The molecule has 2 aromatic carbocycles. The molecule has 0 amide bonds. The van der Waals surface area contributed by atoms with Crippen molar-refractivity contribution in [2.75, 3.05) is 20.3 Å². The molecule has 2 unspecified atom stereocenters. The first-order valence-corrected chi connectivity index (χ1v) is 10.5. The first-order valence-electron chi connectivity index (χ1n) is 10.5. The van der Waals surface area contributed by atoms with E-state index in [1.165, 1.54) is 18.2 Å². The van der Waals surface area contributed by atoms with E-state index in [4.69, 9.17) is 14.6 Å². The molecule has 0 aliphatic heterocycles. The van der Waals surface area contributed by atoms with E-state index in [9.17, 15) is 19.4 Å². The summed E-state index contributed by atoms with van der Waals surface area (Å²) in [6.45, 7) is 4.89. The fourth-order valence-electron chi connectivity index (χ4n) is 3.36. The minimum atomic E-state index is -1.15. The van der Waals surface area contributed by atoms with Gasteiger partial charge in [0.2, 0.25) is 0 Å². The van der Waals surface area contributed by atoms with Crippen molar-refractivity contribution in [3.8, 4) is 16.9 Å². The second-order valence-electron chi connectivity index (χ2n) is 7.89. The Kier molecular flexibility index (Phi) is 9.84. The third-order valence-electron chi connectivity index (χ3n) is 4.93. The summed E-state index contributed by atoms with van der Waals surface area (Å²) < 4.78 is 24.4. The van der Waals surface area contributed by atoms with Crippen LogP contribution in [0.5, 0.6) is 5.75 Å². The molecule has 7 heteroatoms. The van der Waals surface area contributed by atoms with Gasteiger partial charge in [0.1, 0.15) is 18.2 Å².